The van der Waals surface area contributed by atoms with E-state index in [0.717, 1.165) is 0 Å². The second-order valence-electron chi connectivity index (χ2n) is 8.52. The lowest BCUT2D eigenvalue weighted by Crippen LogP contribution is -2.41. The minimum Gasteiger partial charge on any atom is -0.466 e. The maximum absolute atomic E-state index is 13.3. The molecule has 2 atom stereocenters. The first kappa shape index (κ1) is 26.6. The Bertz CT molecular complexity index is 1320. The monoisotopic (exact) mass is 542 g/mol. The van der Waals surface area contributed by atoms with Crippen molar-refractivity contribution in [2.75, 3.05) is 25.0 Å². The molecule has 194 valence electrons. The molecule has 3 heterocycles. The normalized spacial score (nSPS) is 17.4. The molecule has 0 bridgehead atoms. The molecule has 1 fully saturated rings. The van der Waals surface area contributed by atoms with E-state index in [0.29, 0.717) is 40.1 Å². The lowest BCUT2D eigenvalue weighted by molar-refractivity contribution is -0.143. The largest absolute Gasteiger partial charge is 0.466 e. The van der Waals surface area contributed by atoms with Gasteiger partial charge in [0.15, 0.2) is 0 Å². The molecule has 0 aliphatic carbocycles. The molecule has 4 rings (SSSR count). The summed E-state index contributed by atoms with van der Waals surface area (Å²) < 4.78 is 7.06. The lowest BCUT2D eigenvalue weighted by Gasteiger charge is -2.23. The van der Waals surface area contributed by atoms with E-state index in [1.165, 1.54) is 22.0 Å². The molecule has 0 radical (unpaired) electrons. The highest BCUT2D eigenvalue weighted by Crippen LogP contribution is 2.24. The number of carbonyl (C=O) groups excluding carboxylic acids is 3. The van der Waals surface area contributed by atoms with E-state index in [2.05, 4.69) is 10.6 Å². The molecule has 3 aromatic rings. The van der Waals surface area contributed by atoms with E-state index in [1.54, 1.807) is 61.7 Å². The summed E-state index contributed by atoms with van der Waals surface area (Å²) in [7, 11) is 0. The summed E-state index contributed by atoms with van der Waals surface area (Å²) in [4.78, 5) is 52.3. The highest BCUT2D eigenvalue weighted by molar-refractivity contribution is 7.18. The van der Waals surface area contributed by atoms with Crippen LogP contribution < -0.4 is 16.2 Å². The Morgan fingerprint density at radius 2 is 1.89 bits per heavy atom. The molecule has 2 aromatic heterocycles. The van der Waals surface area contributed by atoms with Gasteiger partial charge in [-0.1, -0.05) is 17.7 Å². The Morgan fingerprint density at radius 3 is 2.57 bits per heavy atom. The number of nitrogens with zero attached hydrogens (tertiary/aromatic N) is 2. The average Bonchev–Trinajstić information content (AvgIpc) is 3.50. The fourth-order valence-electron chi connectivity index (χ4n) is 4.26. The molecule has 2 N–H and O–H groups in total. The number of hydrogen-bond acceptors (Lipinski definition) is 7. The summed E-state index contributed by atoms with van der Waals surface area (Å²) in [5, 5.41) is 5.89. The van der Waals surface area contributed by atoms with E-state index < -0.39 is 6.04 Å². The predicted molar refractivity (Wildman–Crippen MR) is 142 cm³/mol. The summed E-state index contributed by atoms with van der Waals surface area (Å²) in [6.07, 6.45) is 2.20. The zero-order valence-corrected chi connectivity index (χ0v) is 21.8. The second kappa shape index (κ2) is 12.2. The SMILES string of the molecule is CCOC(=O)CCN1C[C@@H](NC(=O)c2ccc(Cl)s2)CC1C(=O)Nc1ccc(-n2ccccc2=O)cc1. The van der Waals surface area contributed by atoms with Crippen molar-refractivity contribution < 1.29 is 19.1 Å². The number of esters is 1. The van der Waals surface area contributed by atoms with Gasteiger partial charge < -0.3 is 15.4 Å². The number of rotatable bonds is 9. The van der Waals surface area contributed by atoms with Crippen molar-refractivity contribution >= 4 is 46.4 Å². The number of halogens is 1. The van der Waals surface area contributed by atoms with Crippen LogP contribution in [0.2, 0.25) is 4.34 Å². The maximum Gasteiger partial charge on any atom is 0.307 e. The number of aromatic nitrogens is 1. The number of benzene rings is 1. The van der Waals surface area contributed by atoms with Gasteiger partial charge >= 0.3 is 5.97 Å². The number of pyridine rings is 1. The molecular weight excluding hydrogens is 516 g/mol. The van der Waals surface area contributed by atoms with Crippen LogP contribution in [0.15, 0.2) is 65.6 Å². The van der Waals surface area contributed by atoms with Gasteiger partial charge in [0.05, 0.1) is 28.3 Å². The van der Waals surface area contributed by atoms with Gasteiger partial charge in [-0.3, -0.25) is 28.6 Å². The van der Waals surface area contributed by atoms with Gasteiger partial charge in [0.2, 0.25) is 5.91 Å². The minimum atomic E-state index is -0.553. The van der Waals surface area contributed by atoms with Crippen molar-refractivity contribution in [3.8, 4) is 5.69 Å². The number of nitrogens with one attached hydrogen (secondary N) is 2. The van der Waals surface area contributed by atoms with E-state index >= 15 is 0 Å². The molecular formula is C26H27ClN4O5S. The van der Waals surface area contributed by atoms with Gasteiger partial charge in [0.25, 0.3) is 11.5 Å². The van der Waals surface area contributed by atoms with Crippen LogP contribution in [0.5, 0.6) is 0 Å². The zero-order valence-electron chi connectivity index (χ0n) is 20.2. The summed E-state index contributed by atoms with van der Waals surface area (Å²) in [6.45, 7) is 2.77. The van der Waals surface area contributed by atoms with Gasteiger partial charge in [-0.15, -0.1) is 11.3 Å². The lowest BCUT2D eigenvalue weighted by atomic mass is 10.1. The third kappa shape index (κ3) is 6.85. The summed E-state index contributed by atoms with van der Waals surface area (Å²) in [5.74, 6) is -0.835. The molecule has 1 unspecified atom stereocenters. The van der Waals surface area contributed by atoms with Gasteiger partial charge in [0, 0.05) is 42.8 Å². The Balaban J connectivity index is 1.43. The smallest absolute Gasteiger partial charge is 0.307 e. The van der Waals surface area contributed by atoms with Crippen LogP contribution in [0.25, 0.3) is 5.69 Å². The van der Waals surface area contributed by atoms with Gasteiger partial charge in [-0.05, 0) is 55.8 Å². The first-order valence-corrected chi connectivity index (χ1v) is 13.1. The van der Waals surface area contributed by atoms with Crippen molar-refractivity contribution in [1.82, 2.24) is 14.8 Å². The Kier molecular flexibility index (Phi) is 8.75. The summed E-state index contributed by atoms with van der Waals surface area (Å²) in [6, 6.07) is 14.4. The molecule has 1 aliphatic rings. The van der Waals surface area contributed by atoms with E-state index in [4.69, 9.17) is 16.3 Å². The molecule has 37 heavy (non-hydrogen) atoms. The fraction of sp³-hybridized carbons (Fsp3) is 0.308. The highest BCUT2D eigenvalue weighted by atomic mass is 35.5. The van der Waals surface area contributed by atoms with Crippen LogP contribution in [-0.2, 0) is 14.3 Å². The number of ether oxygens (including phenoxy) is 1. The van der Waals surface area contributed by atoms with Crippen LogP contribution in [0, 0.1) is 0 Å². The molecule has 1 saturated heterocycles. The van der Waals surface area contributed by atoms with Crippen molar-refractivity contribution in [3.05, 3.63) is 80.4 Å². The number of thiophene rings is 1. The zero-order chi connectivity index (χ0) is 26.4. The molecule has 2 amide bonds. The van der Waals surface area contributed by atoms with Crippen LogP contribution in [-0.4, -0.2) is 59.0 Å². The van der Waals surface area contributed by atoms with Gasteiger partial charge in [-0.2, -0.15) is 0 Å². The number of amides is 2. The van der Waals surface area contributed by atoms with Crippen LogP contribution >= 0.6 is 22.9 Å². The van der Waals surface area contributed by atoms with Crippen LogP contribution in [0.4, 0.5) is 5.69 Å². The minimum absolute atomic E-state index is 0.138. The Labute approximate surface area is 223 Å². The Morgan fingerprint density at radius 1 is 1.11 bits per heavy atom. The standard InChI is InChI=1S/C26H27ClN4O5S/c1-2-36-24(33)12-14-30-16-18(29-26(35)21-10-11-22(27)37-21)15-20(30)25(34)28-17-6-8-19(9-7-17)31-13-4-3-5-23(31)32/h3-11,13,18,20H,2,12,14-16H2,1H3,(H,28,34)(H,29,35)/t18-,20?/m0/s1. The third-order valence-electron chi connectivity index (χ3n) is 5.98. The molecule has 1 aromatic carbocycles. The summed E-state index contributed by atoms with van der Waals surface area (Å²) in [5.41, 5.74) is 1.10. The van der Waals surface area contributed by atoms with Crippen molar-refractivity contribution in [1.29, 1.82) is 0 Å². The average molecular weight is 543 g/mol. The van der Waals surface area contributed by atoms with E-state index in [9.17, 15) is 19.2 Å². The highest BCUT2D eigenvalue weighted by Gasteiger charge is 2.37. The van der Waals surface area contributed by atoms with Gasteiger partial charge in [-0.25, -0.2) is 0 Å². The second-order valence-corrected chi connectivity index (χ2v) is 10.2. The molecule has 1 aliphatic heterocycles. The van der Waals surface area contributed by atoms with Crippen molar-refractivity contribution in [2.24, 2.45) is 0 Å². The van der Waals surface area contributed by atoms with Gasteiger partial charge in [0.1, 0.15) is 0 Å². The van der Waals surface area contributed by atoms with Crippen molar-refractivity contribution in [2.45, 2.75) is 31.8 Å². The number of anilines is 1. The number of likely N-dealkylation sites (tertiary alicyclic amines) is 1. The molecule has 0 saturated carbocycles. The quantitative estimate of drug-likeness (QED) is 0.401. The predicted octanol–water partition coefficient (Wildman–Crippen LogP) is 3.32. The topological polar surface area (TPSA) is 110 Å². The maximum atomic E-state index is 13.3. The molecule has 0 spiro atoms. The first-order chi connectivity index (χ1) is 17.8. The third-order valence-corrected chi connectivity index (χ3v) is 7.21. The fourth-order valence-corrected chi connectivity index (χ4v) is 5.21. The van der Waals surface area contributed by atoms with Crippen LogP contribution in [0.1, 0.15) is 29.4 Å². The number of hydrogen-bond donors (Lipinski definition) is 2. The van der Waals surface area contributed by atoms with Crippen LogP contribution in [0.3, 0.4) is 0 Å². The van der Waals surface area contributed by atoms with Crippen molar-refractivity contribution in [3.63, 3.8) is 0 Å². The summed E-state index contributed by atoms with van der Waals surface area (Å²) >= 11 is 7.14. The Hall–Kier alpha value is -3.47. The molecule has 9 nitrogen and oxygen atoms in total. The number of carbonyl (C=O) groups is 3. The first-order valence-electron chi connectivity index (χ1n) is 11.9. The molecule has 11 heteroatoms. The van der Waals surface area contributed by atoms with E-state index in [-0.39, 0.29) is 42.4 Å². The van der Waals surface area contributed by atoms with E-state index in [1.807, 2.05) is 4.90 Å².